The number of benzene rings is 2. The first-order valence-corrected chi connectivity index (χ1v) is 6.83. The molecule has 22 heavy (non-hydrogen) atoms. The maximum absolute atomic E-state index is 12.0. The third-order valence-electron chi connectivity index (χ3n) is 3.18. The second-order valence-corrected chi connectivity index (χ2v) is 4.90. The second kappa shape index (κ2) is 7.09. The Labute approximate surface area is 129 Å². The van der Waals surface area contributed by atoms with Crippen molar-refractivity contribution in [3.8, 4) is 11.8 Å². The van der Waals surface area contributed by atoms with Crippen molar-refractivity contribution in [3.05, 3.63) is 70.8 Å². The molecule has 0 saturated carbocycles. The van der Waals surface area contributed by atoms with Gasteiger partial charge in [0, 0.05) is 12.1 Å². The van der Waals surface area contributed by atoms with Gasteiger partial charge in [0.25, 0.3) is 5.91 Å². The average molecular weight is 292 g/mol. The standard InChI is InChI=1S/C18H16N2O2/c1-13-6-8-14(9-7-13)12-20-18(22)16(11-19)10-15-4-2-3-5-17(15)21/h2-10,21H,12H2,1H3,(H,20,22). The van der Waals surface area contributed by atoms with E-state index in [9.17, 15) is 9.90 Å². The summed E-state index contributed by atoms with van der Waals surface area (Å²) in [4.78, 5) is 12.0. The number of aromatic hydroxyl groups is 1. The van der Waals surface area contributed by atoms with Gasteiger partial charge >= 0.3 is 0 Å². The average Bonchev–Trinajstić information content (AvgIpc) is 2.53. The molecular weight excluding hydrogens is 276 g/mol. The summed E-state index contributed by atoms with van der Waals surface area (Å²) in [6.07, 6.45) is 1.37. The first-order chi connectivity index (χ1) is 10.6. The van der Waals surface area contributed by atoms with Crippen molar-refractivity contribution in [2.45, 2.75) is 13.5 Å². The molecule has 0 heterocycles. The van der Waals surface area contributed by atoms with Gasteiger partial charge < -0.3 is 10.4 Å². The SMILES string of the molecule is Cc1ccc(CNC(=O)C(C#N)=Cc2ccccc2O)cc1. The molecule has 4 heteroatoms. The fourth-order valence-electron chi connectivity index (χ4n) is 1.90. The minimum atomic E-state index is -0.466. The van der Waals surface area contributed by atoms with Crippen molar-refractivity contribution in [1.82, 2.24) is 5.32 Å². The van der Waals surface area contributed by atoms with E-state index in [1.54, 1.807) is 18.2 Å². The summed E-state index contributed by atoms with van der Waals surface area (Å²) in [5.74, 6) is -0.437. The summed E-state index contributed by atoms with van der Waals surface area (Å²) >= 11 is 0. The number of para-hydroxylation sites is 1. The lowest BCUT2D eigenvalue weighted by molar-refractivity contribution is -0.117. The van der Waals surface area contributed by atoms with Crippen molar-refractivity contribution < 1.29 is 9.90 Å². The van der Waals surface area contributed by atoms with Crippen molar-refractivity contribution in [3.63, 3.8) is 0 Å². The normalized spacial score (nSPS) is 10.8. The topological polar surface area (TPSA) is 73.1 Å². The third kappa shape index (κ3) is 3.97. The number of amides is 1. The Kier molecular flexibility index (Phi) is 4.94. The zero-order valence-corrected chi connectivity index (χ0v) is 12.2. The number of carbonyl (C=O) groups is 1. The van der Waals surface area contributed by atoms with E-state index in [4.69, 9.17) is 5.26 Å². The Morgan fingerprint density at radius 1 is 1.23 bits per heavy atom. The summed E-state index contributed by atoms with van der Waals surface area (Å²) in [6.45, 7) is 2.34. The third-order valence-corrected chi connectivity index (χ3v) is 3.18. The van der Waals surface area contributed by atoms with E-state index >= 15 is 0 Å². The zero-order chi connectivity index (χ0) is 15.9. The highest BCUT2D eigenvalue weighted by molar-refractivity contribution is 6.01. The number of nitriles is 1. The van der Waals surface area contributed by atoms with Gasteiger partial charge in [-0.15, -0.1) is 0 Å². The van der Waals surface area contributed by atoms with Crippen LogP contribution in [0, 0.1) is 18.3 Å². The highest BCUT2D eigenvalue weighted by atomic mass is 16.3. The van der Waals surface area contributed by atoms with Gasteiger partial charge in [-0.2, -0.15) is 5.26 Å². The van der Waals surface area contributed by atoms with E-state index in [2.05, 4.69) is 5.32 Å². The first-order valence-electron chi connectivity index (χ1n) is 6.83. The Bertz CT molecular complexity index is 740. The van der Waals surface area contributed by atoms with Crippen LogP contribution in [0.4, 0.5) is 0 Å². The summed E-state index contributed by atoms with van der Waals surface area (Å²) in [6, 6.07) is 16.2. The van der Waals surface area contributed by atoms with Crippen LogP contribution >= 0.6 is 0 Å². The van der Waals surface area contributed by atoms with Crippen molar-refractivity contribution >= 4 is 12.0 Å². The lowest BCUT2D eigenvalue weighted by atomic mass is 10.1. The first kappa shape index (κ1) is 15.3. The molecule has 1 amide bonds. The van der Waals surface area contributed by atoms with Gasteiger partial charge in [0.2, 0.25) is 0 Å². The Morgan fingerprint density at radius 2 is 1.91 bits per heavy atom. The van der Waals surface area contributed by atoms with Crippen LogP contribution in [-0.2, 0) is 11.3 Å². The minimum Gasteiger partial charge on any atom is -0.507 e. The van der Waals surface area contributed by atoms with E-state index < -0.39 is 5.91 Å². The molecule has 0 aliphatic rings. The maximum atomic E-state index is 12.0. The molecule has 0 bridgehead atoms. The molecule has 4 nitrogen and oxygen atoms in total. The number of phenolic OH excluding ortho intramolecular Hbond substituents is 1. The molecule has 0 saturated heterocycles. The Hall–Kier alpha value is -3.06. The predicted molar refractivity (Wildman–Crippen MR) is 84.7 cm³/mol. The maximum Gasteiger partial charge on any atom is 0.262 e. The molecular formula is C18H16N2O2. The van der Waals surface area contributed by atoms with Crippen LogP contribution in [0.1, 0.15) is 16.7 Å². The van der Waals surface area contributed by atoms with Gasteiger partial charge in [-0.05, 0) is 24.6 Å². The summed E-state index contributed by atoms with van der Waals surface area (Å²) in [5.41, 5.74) is 2.49. The minimum absolute atomic E-state index is 0.0292. The van der Waals surface area contributed by atoms with Gasteiger partial charge in [-0.3, -0.25) is 4.79 Å². The van der Waals surface area contributed by atoms with E-state index in [1.165, 1.54) is 12.1 Å². The number of nitrogens with zero attached hydrogens (tertiary/aromatic N) is 1. The molecule has 0 aliphatic carbocycles. The van der Waals surface area contributed by atoms with E-state index in [0.717, 1.165) is 11.1 Å². The molecule has 0 aliphatic heterocycles. The monoisotopic (exact) mass is 292 g/mol. The quantitative estimate of drug-likeness (QED) is 0.672. The molecule has 2 aromatic rings. The number of carbonyl (C=O) groups excluding carboxylic acids is 1. The molecule has 0 fully saturated rings. The van der Waals surface area contributed by atoms with Gasteiger partial charge in [-0.25, -0.2) is 0 Å². The van der Waals surface area contributed by atoms with E-state index in [-0.39, 0.29) is 11.3 Å². The van der Waals surface area contributed by atoms with Crippen LogP contribution in [0.5, 0.6) is 5.75 Å². The Balaban J connectivity index is 2.08. The smallest absolute Gasteiger partial charge is 0.262 e. The fourth-order valence-corrected chi connectivity index (χ4v) is 1.90. The highest BCUT2D eigenvalue weighted by Gasteiger charge is 2.09. The number of hydrogen-bond donors (Lipinski definition) is 2. The van der Waals surface area contributed by atoms with Crippen molar-refractivity contribution in [2.75, 3.05) is 0 Å². The van der Waals surface area contributed by atoms with E-state index in [0.29, 0.717) is 12.1 Å². The molecule has 0 atom stereocenters. The molecule has 0 unspecified atom stereocenters. The van der Waals surface area contributed by atoms with Gasteiger partial charge in [-0.1, -0.05) is 48.0 Å². The lowest BCUT2D eigenvalue weighted by Crippen LogP contribution is -2.23. The van der Waals surface area contributed by atoms with Crippen LogP contribution in [0.25, 0.3) is 6.08 Å². The van der Waals surface area contributed by atoms with Crippen molar-refractivity contribution in [1.29, 1.82) is 5.26 Å². The van der Waals surface area contributed by atoms with Crippen LogP contribution in [0.3, 0.4) is 0 Å². The number of hydrogen-bond acceptors (Lipinski definition) is 3. The number of nitrogens with one attached hydrogen (secondary N) is 1. The van der Waals surface area contributed by atoms with Crippen LogP contribution in [0.2, 0.25) is 0 Å². The number of aryl methyl sites for hydroxylation is 1. The molecule has 110 valence electrons. The van der Waals surface area contributed by atoms with Crippen LogP contribution in [-0.4, -0.2) is 11.0 Å². The molecule has 2 rings (SSSR count). The number of rotatable bonds is 4. The molecule has 0 spiro atoms. The Morgan fingerprint density at radius 3 is 2.55 bits per heavy atom. The molecule has 0 radical (unpaired) electrons. The van der Waals surface area contributed by atoms with Crippen molar-refractivity contribution in [2.24, 2.45) is 0 Å². The summed E-state index contributed by atoms with van der Waals surface area (Å²) in [5, 5.41) is 21.5. The number of phenols is 1. The molecule has 2 aromatic carbocycles. The largest absolute Gasteiger partial charge is 0.507 e. The van der Waals surface area contributed by atoms with Gasteiger partial charge in [0.05, 0.1) is 0 Å². The van der Waals surface area contributed by atoms with E-state index in [1.807, 2.05) is 37.3 Å². The lowest BCUT2D eigenvalue weighted by Gasteiger charge is -2.05. The summed E-state index contributed by atoms with van der Waals surface area (Å²) < 4.78 is 0. The summed E-state index contributed by atoms with van der Waals surface area (Å²) in [7, 11) is 0. The highest BCUT2D eigenvalue weighted by Crippen LogP contribution is 2.18. The molecule has 2 N–H and O–H groups in total. The fraction of sp³-hybridized carbons (Fsp3) is 0.111. The predicted octanol–water partition coefficient (Wildman–Crippen LogP) is 2.92. The molecule has 0 aromatic heterocycles. The van der Waals surface area contributed by atoms with Crippen LogP contribution in [0.15, 0.2) is 54.1 Å². The zero-order valence-electron chi connectivity index (χ0n) is 12.2. The van der Waals surface area contributed by atoms with Gasteiger partial charge in [0.1, 0.15) is 17.4 Å². The van der Waals surface area contributed by atoms with Crippen LogP contribution < -0.4 is 5.32 Å². The second-order valence-electron chi connectivity index (χ2n) is 4.90. The van der Waals surface area contributed by atoms with Gasteiger partial charge in [0.15, 0.2) is 0 Å².